The largest absolute Gasteiger partial charge is 0.310 e. The first-order valence-electron chi connectivity index (χ1n) is 10.5. The fourth-order valence-corrected chi connectivity index (χ4v) is 5.01. The molecule has 0 spiro atoms. The molecule has 3 aromatic rings. The van der Waals surface area contributed by atoms with Crippen molar-refractivity contribution < 1.29 is 0 Å². The SMILES string of the molecule is O=c1ccc2ncc(=O)n3c2n1C[C@@H]3CN1CCC(NCc2ccc(Cl)c(Cl)c2)CC1. The number of likely N-dealkylation sites (tertiary alicyclic amines) is 1. The smallest absolute Gasteiger partial charge is 0.270 e. The van der Waals surface area contributed by atoms with Gasteiger partial charge in [0, 0.05) is 31.7 Å². The maximum absolute atomic E-state index is 12.5. The zero-order valence-corrected chi connectivity index (χ0v) is 18.4. The summed E-state index contributed by atoms with van der Waals surface area (Å²) in [5.74, 6) is 0. The zero-order valence-electron chi connectivity index (χ0n) is 16.9. The lowest BCUT2D eigenvalue weighted by Gasteiger charge is -2.34. The standard InChI is InChI=1S/C22H23Cl2N5O2/c23-17-2-1-14(9-18(17)24)10-25-15-5-7-27(8-6-15)12-16-13-28-20(30)4-3-19-22(28)29(16)21(31)11-26-19/h1-4,9,11,15-16,25H,5-8,10,12-13H2/t16-/m0/s1. The van der Waals surface area contributed by atoms with E-state index in [1.807, 2.05) is 18.2 Å². The van der Waals surface area contributed by atoms with Crippen LogP contribution in [0.15, 0.2) is 46.1 Å². The quantitative estimate of drug-likeness (QED) is 0.634. The lowest BCUT2D eigenvalue weighted by atomic mass is 10.0. The number of nitrogens with zero attached hydrogens (tertiary/aromatic N) is 4. The van der Waals surface area contributed by atoms with E-state index in [2.05, 4.69) is 15.2 Å². The number of nitrogens with one attached hydrogen (secondary N) is 1. The van der Waals surface area contributed by atoms with Crippen molar-refractivity contribution in [2.45, 2.75) is 38.0 Å². The molecule has 0 radical (unpaired) electrons. The van der Waals surface area contributed by atoms with Gasteiger partial charge in [0.05, 0.1) is 22.3 Å². The number of hydrogen-bond donors (Lipinski definition) is 1. The molecule has 0 saturated carbocycles. The third-order valence-corrected chi connectivity index (χ3v) is 7.05. The predicted octanol–water partition coefficient (Wildman–Crippen LogP) is 2.67. The maximum atomic E-state index is 12.5. The topological polar surface area (TPSA) is 72.2 Å². The van der Waals surface area contributed by atoms with Gasteiger partial charge < -0.3 is 10.2 Å². The van der Waals surface area contributed by atoms with E-state index in [9.17, 15) is 9.59 Å². The molecule has 2 aliphatic heterocycles. The number of rotatable bonds is 5. The third kappa shape index (κ3) is 4.03. The van der Waals surface area contributed by atoms with E-state index in [1.54, 1.807) is 15.2 Å². The van der Waals surface area contributed by atoms with Crippen molar-refractivity contribution in [1.82, 2.24) is 24.3 Å². The van der Waals surface area contributed by atoms with Crippen LogP contribution in [0, 0.1) is 0 Å². The first-order valence-corrected chi connectivity index (χ1v) is 11.3. The molecule has 0 bridgehead atoms. The highest BCUT2D eigenvalue weighted by molar-refractivity contribution is 6.42. The van der Waals surface area contributed by atoms with Gasteiger partial charge in [-0.25, -0.2) is 4.98 Å². The number of pyridine rings is 1. The summed E-state index contributed by atoms with van der Waals surface area (Å²) < 4.78 is 3.43. The molecule has 7 nitrogen and oxygen atoms in total. The van der Waals surface area contributed by atoms with E-state index in [1.165, 1.54) is 12.3 Å². The average molecular weight is 460 g/mol. The molecule has 2 aromatic heterocycles. The third-order valence-electron chi connectivity index (χ3n) is 6.31. The highest BCUT2D eigenvalue weighted by Crippen LogP contribution is 2.25. The van der Waals surface area contributed by atoms with Gasteiger partial charge in [0.1, 0.15) is 11.2 Å². The highest BCUT2D eigenvalue weighted by atomic mass is 35.5. The molecule has 1 aromatic carbocycles. The minimum atomic E-state index is -0.146. The minimum absolute atomic E-state index is 0.0474. The lowest BCUT2D eigenvalue weighted by molar-refractivity contribution is 0.171. The molecule has 0 amide bonds. The van der Waals surface area contributed by atoms with Crippen molar-refractivity contribution in [3.63, 3.8) is 0 Å². The first-order chi connectivity index (χ1) is 15.0. The van der Waals surface area contributed by atoms with Crippen molar-refractivity contribution in [3.8, 4) is 0 Å². The summed E-state index contributed by atoms with van der Waals surface area (Å²) in [4.78, 5) is 31.4. The number of piperidine rings is 1. The first kappa shape index (κ1) is 20.7. The number of hydrogen-bond acceptors (Lipinski definition) is 5. The van der Waals surface area contributed by atoms with Crippen molar-refractivity contribution in [2.24, 2.45) is 0 Å². The van der Waals surface area contributed by atoms with Gasteiger partial charge >= 0.3 is 0 Å². The van der Waals surface area contributed by atoms with Crippen LogP contribution in [0.4, 0.5) is 0 Å². The summed E-state index contributed by atoms with van der Waals surface area (Å²) >= 11 is 12.1. The Morgan fingerprint density at radius 2 is 1.84 bits per heavy atom. The predicted molar refractivity (Wildman–Crippen MR) is 122 cm³/mol. The van der Waals surface area contributed by atoms with Gasteiger partial charge in [-0.2, -0.15) is 0 Å². The molecule has 2 aliphatic rings. The van der Waals surface area contributed by atoms with Crippen LogP contribution in [0.25, 0.3) is 11.2 Å². The van der Waals surface area contributed by atoms with Gasteiger partial charge in [-0.15, -0.1) is 0 Å². The van der Waals surface area contributed by atoms with Crippen molar-refractivity contribution >= 4 is 34.4 Å². The molecule has 5 rings (SSSR count). The van der Waals surface area contributed by atoms with Gasteiger partial charge in [-0.1, -0.05) is 29.3 Å². The Labute approximate surface area is 189 Å². The molecule has 4 heterocycles. The minimum Gasteiger partial charge on any atom is -0.310 e. The fraction of sp³-hybridized carbons (Fsp3) is 0.409. The second kappa shape index (κ2) is 8.39. The van der Waals surface area contributed by atoms with E-state index in [4.69, 9.17) is 23.2 Å². The van der Waals surface area contributed by atoms with Crippen molar-refractivity contribution in [1.29, 1.82) is 0 Å². The molecule has 1 atom stereocenters. The summed E-state index contributed by atoms with van der Waals surface area (Å²) in [6.45, 7) is 3.92. The van der Waals surface area contributed by atoms with Gasteiger partial charge in [0.25, 0.3) is 11.1 Å². The Hall–Kier alpha value is -2.19. The van der Waals surface area contributed by atoms with Gasteiger partial charge in [0.15, 0.2) is 0 Å². The Morgan fingerprint density at radius 3 is 2.61 bits per heavy atom. The number of halogens is 2. The van der Waals surface area contributed by atoms with E-state index >= 15 is 0 Å². The molecule has 1 saturated heterocycles. The monoisotopic (exact) mass is 459 g/mol. The summed E-state index contributed by atoms with van der Waals surface area (Å²) in [7, 11) is 0. The van der Waals surface area contributed by atoms with Crippen molar-refractivity contribution in [2.75, 3.05) is 19.6 Å². The fourth-order valence-electron chi connectivity index (χ4n) is 4.69. The van der Waals surface area contributed by atoms with E-state index < -0.39 is 0 Å². The van der Waals surface area contributed by atoms with E-state index in [-0.39, 0.29) is 17.2 Å². The van der Waals surface area contributed by atoms with E-state index in [0.717, 1.165) is 44.6 Å². The van der Waals surface area contributed by atoms with Crippen LogP contribution >= 0.6 is 23.2 Å². The second-order valence-corrected chi connectivity index (χ2v) is 9.13. The average Bonchev–Trinajstić information content (AvgIpc) is 3.15. The molecule has 9 heteroatoms. The van der Waals surface area contributed by atoms with Crippen molar-refractivity contribution in [3.05, 3.63) is 72.8 Å². The summed E-state index contributed by atoms with van der Waals surface area (Å²) in [6, 6.07) is 9.32. The number of aromatic nitrogens is 3. The molecular weight excluding hydrogens is 437 g/mol. The molecule has 162 valence electrons. The Balaban J connectivity index is 1.21. The molecule has 31 heavy (non-hydrogen) atoms. The van der Waals surface area contributed by atoms with Gasteiger partial charge in [-0.3, -0.25) is 18.7 Å². The Morgan fingerprint density at radius 1 is 1.03 bits per heavy atom. The normalized spacial score (nSPS) is 19.4. The second-order valence-electron chi connectivity index (χ2n) is 8.32. The number of benzene rings is 1. The zero-order chi connectivity index (χ0) is 21.5. The molecule has 0 unspecified atom stereocenters. The lowest BCUT2D eigenvalue weighted by Crippen LogP contribution is -2.44. The molecule has 1 fully saturated rings. The van der Waals surface area contributed by atoms with Crippen LogP contribution in [0.2, 0.25) is 10.0 Å². The van der Waals surface area contributed by atoms with Crippen LogP contribution in [0.1, 0.15) is 24.4 Å². The summed E-state index contributed by atoms with van der Waals surface area (Å²) in [6.07, 6.45) is 3.41. The molecule has 0 aliphatic carbocycles. The Bertz CT molecular complexity index is 1240. The highest BCUT2D eigenvalue weighted by Gasteiger charge is 2.29. The van der Waals surface area contributed by atoms with Gasteiger partial charge in [0.2, 0.25) is 0 Å². The molecular formula is C22H23Cl2N5O2. The maximum Gasteiger partial charge on any atom is 0.270 e. The van der Waals surface area contributed by atoms with Crippen LogP contribution in [-0.4, -0.2) is 44.7 Å². The summed E-state index contributed by atoms with van der Waals surface area (Å²) in [5, 5.41) is 4.76. The van der Waals surface area contributed by atoms with Crippen LogP contribution in [0.3, 0.4) is 0 Å². The van der Waals surface area contributed by atoms with Crippen LogP contribution in [0.5, 0.6) is 0 Å². The van der Waals surface area contributed by atoms with Gasteiger partial charge in [-0.05, 0) is 49.7 Å². The Kier molecular flexibility index (Phi) is 5.60. The van der Waals surface area contributed by atoms with Crippen LogP contribution < -0.4 is 16.4 Å². The van der Waals surface area contributed by atoms with Crippen LogP contribution in [-0.2, 0) is 13.1 Å². The molecule has 1 N–H and O–H groups in total. The summed E-state index contributed by atoms with van der Waals surface area (Å²) in [5.41, 5.74) is 2.22. The van der Waals surface area contributed by atoms with E-state index in [0.29, 0.717) is 33.8 Å².